The Balaban J connectivity index is 1.28. The van der Waals surface area contributed by atoms with Gasteiger partial charge in [-0.05, 0) is 38.1 Å². The van der Waals surface area contributed by atoms with Crippen LogP contribution >= 0.6 is 0 Å². The minimum absolute atomic E-state index is 0.219. The van der Waals surface area contributed by atoms with E-state index >= 15 is 0 Å². The summed E-state index contributed by atoms with van der Waals surface area (Å²) in [6.45, 7) is 6.29. The quantitative estimate of drug-likeness (QED) is 0.473. The Bertz CT molecular complexity index is 1220. The first-order valence-electron chi connectivity index (χ1n) is 10.6. The lowest BCUT2D eigenvalue weighted by Gasteiger charge is -2.41. The second-order valence-electron chi connectivity index (χ2n) is 8.12. The number of hydrogen-bond acceptors (Lipinski definition) is 8. The van der Waals surface area contributed by atoms with E-state index in [0.29, 0.717) is 29.3 Å². The Labute approximate surface area is 186 Å². The van der Waals surface area contributed by atoms with Gasteiger partial charge in [0.2, 0.25) is 5.88 Å². The molecule has 0 amide bonds. The van der Waals surface area contributed by atoms with E-state index in [-0.39, 0.29) is 6.10 Å². The van der Waals surface area contributed by atoms with Gasteiger partial charge in [-0.2, -0.15) is 5.10 Å². The molecule has 1 aliphatic heterocycles. The van der Waals surface area contributed by atoms with Crippen molar-refractivity contribution in [3.05, 3.63) is 55.1 Å². The molecule has 1 fully saturated rings. The third-order valence-electron chi connectivity index (χ3n) is 5.41. The van der Waals surface area contributed by atoms with Crippen LogP contribution in [-0.2, 0) is 7.05 Å². The minimum atomic E-state index is 0.219. The van der Waals surface area contributed by atoms with Gasteiger partial charge in [0.05, 0.1) is 11.7 Å². The predicted molar refractivity (Wildman–Crippen MR) is 121 cm³/mol. The van der Waals surface area contributed by atoms with Gasteiger partial charge in [-0.15, -0.1) is 0 Å². The number of aromatic nitrogens is 5. The van der Waals surface area contributed by atoms with Crippen LogP contribution in [0.4, 0.5) is 11.6 Å². The number of nitrogens with zero attached hydrogens (tertiary/aromatic N) is 6. The summed E-state index contributed by atoms with van der Waals surface area (Å²) >= 11 is 0. The van der Waals surface area contributed by atoms with Crippen LogP contribution in [0, 0.1) is 0 Å². The Kier molecular flexibility index (Phi) is 5.32. The maximum atomic E-state index is 5.98. The topological polar surface area (TPSA) is 90.2 Å². The molecule has 1 N–H and O–H groups in total. The van der Waals surface area contributed by atoms with Crippen LogP contribution in [0.5, 0.6) is 17.4 Å². The second kappa shape index (κ2) is 8.43. The molecule has 0 bridgehead atoms. The highest BCUT2D eigenvalue weighted by molar-refractivity contribution is 5.91. The van der Waals surface area contributed by atoms with Crippen LogP contribution < -0.4 is 14.8 Å². The third-order valence-corrected chi connectivity index (χ3v) is 5.41. The fraction of sp³-hybridized carbons (Fsp3) is 0.304. The average Bonchev–Trinajstić information content (AvgIpc) is 3.16. The highest BCUT2D eigenvalue weighted by atomic mass is 16.5. The van der Waals surface area contributed by atoms with Crippen molar-refractivity contribution < 1.29 is 9.47 Å². The first-order chi connectivity index (χ1) is 15.5. The summed E-state index contributed by atoms with van der Waals surface area (Å²) in [7, 11) is 1.87. The lowest BCUT2D eigenvalue weighted by molar-refractivity contribution is -0.0000681. The Morgan fingerprint density at radius 1 is 1.03 bits per heavy atom. The van der Waals surface area contributed by atoms with Crippen molar-refractivity contribution in [2.75, 3.05) is 18.4 Å². The molecule has 0 unspecified atom stereocenters. The number of hydrogen-bond donors (Lipinski definition) is 1. The fourth-order valence-electron chi connectivity index (χ4n) is 3.58. The van der Waals surface area contributed by atoms with Gasteiger partial charge in [-0.25, -0.2) is 15.0 Å². The van der Waals surface area contributed by atoms with E-state index in [0.717, 1.165) is 29.7 Å². The molecule has 32 heavy (non-hydrogen) atoms. The van der Waals surface area contributed by atoms with Crippen LogP contribution in [0.2, 0.25) is 0 Å². The van der Waals surface area contributed by atoms with Crippen molar-refractivity contribution >= 4 is 22.5 Å². The molecule has 1 aromatic carbocycles. The number of anilines is 2. The van der Waals surface area contributed by atoms with Gasteiger partial charge in [-0.3, -0.25) is 9.58 Å². The number of likely N-dealkylation sites (tertiary alicyclic amines) is 1. The summed E-state index contributed by atoms with van der Waals surface area (Å²) in [4.78, 5) is 15.5. The van der Waals surface area contributed by atoms with E-state index in [2.05, 4.69) is 44.1 Å². The molecular formula is C23H25N7O2. The molecule has 3 aromatic heterocycles. The second-order valence-corrected chi connectivity index (χ2v) is 8.12. The highest BCUT2D eigenvalue weighted by Gasteiger charge is 2.30. The molecule has 1 aliphatic rings. The Morgan fingerprint density at radius 3 is 2.59 bits per heavy atom. The SMILES string of the molecule is CC(C)N1CC(Oc2ccc(Oc3ccc4ncnc(Nc5ccn(C)n5)c4c3)nc2)C1. The van der Waals surface area contributed by atoms with Crippen LogP contribution in [0.1, 0.15) is 13.8 Å². The van der Waals surface area contributed by atoms with E-state index in [4.69, 9.17) is 9.47 Å². The number of fused-ring (bicyclic) bond motifs is 1. The van der Waals surface area contributed by atoms with Crippen LogP contribution in [0.3, 0.4) is 0 Å². The van der Waals surface area contributed by atoms with Crippen molar-refractivity contribution in [1.29, 1.82) is 0 Å². The molecule has 0 radical (unpaired) electrons. The molecule has 0 saturated carbocycles. The minimum Gasteiger partial charge on any atom is -0.486 e. The molecule has 9 heteroatoms. The first kappa shape index (κ1) is 20.2. The molecule has 164 valence electrons. The molecular weight excluding hydrogens is 406 g/mol. The number of ether oxygens (including phenoxy) is 2. The molecule has 0 aliphatic carbocycles. The number of nitrogens with one attached hydrogen (secondary N) is 1. The van der Waals surface area contributed by atoms with E-state index in [1.54, 1.807) is 10.9 Å². The molecule has 5 rings (SSSR count). The zero-order valence-corrected chi connectivity index (χ0v) is 18.3. The molecule has 4 heterocycles. The van der Waals surface area contributed by atoms with Crippen LogP contribution in [-0.4, -0.2) is 54.9 Å². The van der Waals surface area contributed by atoms with Gasteiger partial charge in [0.15, 0.2) is 5.82 Å². The van der Waals surface area contributed by atoms with Crippen LogP contribution in [0.15, 0.2) is 55.1 Å². The molecule has 1 saturated heterocycles. The molecule has 4 aromatic rings. The third kappa shape index (κ3) is 4.33. The van der Waals surface area contributed by atoms with Gasteiger partial charge in [-0.1, -0.05) is 0 Å². The largest absolute Gasteiger partial charge is 0.486 e. The highest BCUT2D eigenvalue weighted by Crippen LogP contribution is 2.29. The standard InChI is InChI=1S/C23H25N7O2/c1-15(2)30-12-18(13-30)31-17-5-7-22(24-11-17)32-16-4-6-20-19(10-16)23(26-14-25-20)27-21-8-9-29(3)28-21/h4-11,14-15,18H,12-13H2,1-3H3,(H,25,26,27,28). The van der Waals surface area contributed by atoms with E-state index in [9.17, 15) is 0 Å². The summed E-state index contributed by atoms with van der Waals surface area (Å²) in [5.74, 6) is 3.25. The van der Waals surface area contributed by atoms with Gasteiger partial charge in [0.1, 0.15) is 29.7 Å². The Hall–Kier alpha value is -3.72. The van der Waals surface area contributed by atoms with Crippen molar-refractivity contribution in [2.45, 2.75) is 26.0 Å². The van der Waals surface area contributed by atoms with E-state index in [1.807, 2.05) is 49.6 Å². The number of pyridine rings is 1. The predicted octanol–water partition coefficient (Wildman–Crippen LogP) is 3.77. The van der Waals surface area contributed by atoms with Gasteiger partial charge in [0, 0.05) is 49.9 Å². The summed E-state index contributed by atoms with van der Waals surface area (Å²) in [6.07, 6.45) is 5.31. The molecule has 0 atom stereocenters. The zero-order chi connectivity index (χ0) is 22.1. The number of rotatable bonds is 7. The van der Waals surface area contributed by atoms with Crippen molar-refractivity contribution in [2.24, 2.45) is 7.05 Å². The van der Waals surface area contributed by atoms with Gasteiger partial charge in [0.25, 0.3) is 0 Å². The van der Waals surface area contributed by atoms with Crippen molar-refractivity contribution in [3.63, 3.8) is 0 Å². The maximum absolute atomic E-state index is 5.98. The summed E-state index contributed by atoms with van der Waals surface area (Å²) in [6, 6.07) is 11.8. The zero-order valence-electron chi connectivity index (χ0n) is 18.3. The van der Waals surface area contributed by atoms with Gasteiger partial charge < -0.3 is 14.8 Å². The van der Waals surface area contributed by atoms with E-state index in [1.165, 1.54) is 6.33 Å². The lowest BCUT2D eigenvalue weighted by Crippen LogP contribution is -2.56. The van der Waals surface area contributed by atoms with E-state index < -0.39 is 0 Å². The van der Waals surface area contributed by atoms with Crippen molar-refractivity contribution in [3.8, 4) is 17.4 Å². The molecule has 0 spiro atoms. The van der Waals surface area contributed by atoms with Crippen LogP contribution in [0.25, 0.3) is 10.9 Å². The smallest absolute Gasteiger partial charge is 0.219 e. The van der Waals surface area contributed by atoms with Gasteiger partial charge >= 0.3 is 0 Å². The monoisotopic (exact) mass is 431 g/mol. The molecule has 9 nitrogen and oxygen atoms in total. The average molecular weight is 432 g/mol. The summed E-state index contributed by atoms with van der Waals surface area (Å²) in [5, 5.41) is 8.40. The first-order valence-corrected chi connectivity index (χ1v) is 10.6. The lowest BCUT2D eigenvalue weighted by atomic mass is 10.1. The Morgan fingerprint density at radius 2 is 1.88 bits per heavy atom. The fourth-order valence-corrected chi connectivity index (χ4v) is 3.58. The normalized spacial score (nSPS) is 14.5. The van der Waals surface area contributed by atoms with Crippen molar-refractivity contribution in [1.82, 2.24) is 29.6 Å². The summed E-state index contributed by atoms with van der Waals surface area (Å²) in [5.41, 5.74) is 0.804. The summed E-state index contributed by atoms with van der Waals surface area (Å²) < 4.78 is 13.7. The maximum Gasteiger partial charge on any atom is 0.219 e. The number of aryl methyl sites for hydroxylation is 1. The number of benzene rings is 1.